The van der Waals surface area contributed by atoms with Gasteiger partial charge in [0.25, 0.3) is 0 Å². The second-order valence-corrected chi connectivity index (χ2v) is 7.86. The van der Waals surface area contributed by atoms with Crippen LogP contribution < -0.4 is 10.5 Å². The molecule has 104 valence electrons. The minimum absolute atomic E-state index is 0.150. The van der Waals surface area contributed by atoms with Gasteiger partial charge in [-0.25, -0.2) is 13.1 Å². The van der Waals surface area contributed by atoms with E-state index in [1.165, 1.54) is 9.75 Å². The van der Waals surface area contributed by atoms with Crippen molar-refractivity contribution >= 4 is 21.4 Å². The van der Waals surface area contributed by atoms with Gasteiger partial charge in [-0.3, -0.25) is 0 Å². The standard InChI is InChI=1S/C12H22N2O2S2/c1-9-8-12(11(3)17-9)10(2)14-18(15,16)7-5-4-6-13/h8,10,14H,4-7,13H2,1-3H3. The lowest BCUT2D eigenvalue weighted by molar-refractivity contribution is 0.563. The van der Waals surface area contributed by atoms with E-state index in [0.29, 0.717) is 13.0 Å². The summed E-state index contributed by atoms with van der Waals surface area (Å²) in [6, 6.07) is 1.88. The van der Waals surface area contributed by atoms with Crippen LogP contribution in [-0.2, 0) is 10.0 Å². The number of hydrogen-bond acceptors (Lipinski definition) is 4. The number of thiophene rings is 1. The van der Waals surface area contributed by atoms with Gasteiger partial charge in [-0.15, -0.1) is 11.3 Å². The van der Waals surface area contributed by atoms with Crippen molar-refractivity contribution in [2.24, 2.45) is 5.73 Å². The van der Waals surface area contributed by atoms with Crippen molar-refractivity contribution in [3.63, 3.8) is 0 Å². The quantitative estimate of drug-likeness (QED) is 0.755. The maximum absolute atomic E-state index is 11.9. The zero-order valence-corrected chi connectivity index (χ0v) is 12.8. The summed E-state index contributed by atoms with van der Waals surface area (Å²) < 4.78 is 26.4. The van der Waals surface area contributed by atoms with Crippen LogP contribution in [0.25, 0.3) is 0 Å². The lowest BCUT2D eigenvalue weighted by atomic mass is 10.1. The van der Waals surface area contributed by atoms with E-state index in [4.69, 9.17) is 5.73 Å². The lowest BCUT2D eigenvalue weighted by Gasteiger charge is -2.14. The molecular formula is C12H22N2O2S2. The molecule has 0 amide bonds. The molecule has 3 N–H and O–H groups in total. The predicted octanol–water partition coefficient (Wildman–Crippen LogP) is 2.08. The highest BCUT2D eigenvalue weighted by atomic mass is 32.2. The fourth-order valence-electron chi connectivity index (χ4n) is 1.91. The zero-order valence-electron chi connectivity index (χ0n) is 11.2. The highest BCUT2D eigenvalue weighted by Gasteiger charge is 2.17. The summed E-state index contributed by atoms with van der Waals surface area (Å²) in [7, 11) is -3.21. The number of hydrogen-bond donors (Lipinski definition) is 2. The molecule has 1 aromatic heterocycles. The molecule has 18 heavy (non-hydrogen) atoms. The van der Waals surface area contributed by atoms with Crippen LogP contribution in [0.4, 0.5) is 0 Å². The average Bonchev–Trinajstić information content (AvgIpc) is 2.57. The first kappa shape index (κ1) is 15.6. The van der Waals surface area contributed by atoms with Crippen LogP contribution in [0.5, 0.6) is 0 Å². The molecule has 0 aliphatic carbocycles. The van der Waals surface area contributed by atoms with Crippen LogP contribution in [0, 0.1) is 13.8 Å². The smallest absolute Gasteiger partial charge is 0.212 e. The van der Waals surface area contributed by atoms with Gasteiger partial charge < -0.3 is 5.73 Å². The zero-order chi connectivity index (χ0) is 13.8. The Kier molecular flexibility index (Phi) is 5.78. The minimum atomic E-state index is -3.21. The first-order valence-corrected chi connectivity index (χ1v) is 8.59. The Balaban J connectivity index is 2.64. The molecular weight excluding hydrogens is 268 g/mol. The normalized spacial score (nSPS) is 13.8. The van der Waals surface area contributed by atoms with E-state index in [1.54, 1.807) is 11.3 Å². The van der Waals surface area contributed by atoms with Crippen LogP contribution >= 0.6 is 11.3 Å². The highest BCUT2D eigenvalue weighted by Crippen LogP contribution is 2.26. The van der Waals surface area contributed by atoms with Gasteiger partial charge in [0.2, 0.25) is 10.0 Å². The molecule has 0 aliphatic heterocycles. The molecule has 0 aromatic carbocycles. The van der Waals surface area contributed by atoms with Crippen molar-refractivity contribution in [1.82, 2.24) is 4.72 Å². The summed E-state index contributed by atoms with van der Waals surface area (Å²) in [5, 5.41) is 0. The van der Waals surface area contributed by atoms with E-state index in [0.717, 1.165) is 12.0 Å². The summed E-state index contributed by atoms with van der Waals surface area (Å²) >= 11 is 1.69. The molecule has 0 fully saturated rings. The minimum Gasteiger partial charge on any atom is -0.330 e. The molecule has 1 unspecified atom stereocenters. The van der Waals surface area contributed by atoms with Gasteiger partial charge in [0.15, 0.2) is 0 Å². The van der Waals surface area contributed by atoms with Gasteiger partial charge in [-0.05, 0) is 51.8 Å². The summed E-state index contributed by atoms with van der Waals surface area (Å²) in [5.74, 6) is 0.150. The van der Waals surface area contributed by atoms with Crippen molar-refractivity contribution in [3.05, 3.63) is 21.4 Å². The maximum atomic E-state index is 11.9. The van der Waals surface area contributed by atoms with Gasteiger partial charge >= 0.3 is 0 Å². The fraction of sp³-hybridized carbons (Fsp3) is 0.667. The summed E-state index contributed by atoms with van der Waals surface area (Å²) in [4.78, 5) is 2.38. The SMILES string of the molecule is Cc1cc(C(C)NS(=O)(=O)CCCCN)c(C)s1. The number of nitrogens with two attached hydrogens (primary N) is 1. The molecule has 0 spiro atoms. The Morgan fingerprint density at radius 1 is 1.39 bits per heavy atom. The van der Waals surface area contributed by atoms with Gasteiger partial charge in [-0.2, -0.15) is 0 Å². The third-order valence-electron chi connectivity index (χ3n) is 2.77. The van der Waals surface area contributed by atoms with Crippen LogP contribution in [0.3, 0.4) is 0 Å². The van der Waals surface area contributed by atoms with Gasteiger partial charge in [0.1, 0.15) is 0 Å². The molecule has 1 rings (SSSR count). The molecule has 1 heterocycles. The van der Waals surface area contributed by atoms with Gasteiger partial charge in [0, 0.05) is 15.8 Å². The van der Waals surface area contributed by atoms with Crippen LogP contribution in [-0.4, -0.2) is 20.7 Å². The highest BCUT2D eigenvalue weighted by molar-refractivity contribution is 7.89. The van der Waals surface area contributed by atoms with E-state index in [9.17, 15) is 8.42 Å². The summed E-state index contributed by atoms with van der Waals surface area (Å²) in [6.07, 6.45) is 1.35. The van der Waals surface area contributed by atoms with Gasteiger partial charge in [0.05, 0.1) is 5.75 Å². The Morgan fingerprint density at radius 2 is 2.06 bits per heavy atom. The van der Waals surface area contributed by atoms with Crippen LogP contribution in [0.15, 0.2) is 6.07 Å². The second-order valence-electron chi connectivity index (χ2n) is 4.52. The molecule has 0 saturated carbocycles. The van der Waals surface area contributed by atoms with Crippen molar-refractivity contribution < 1.29 is 8.42 Å². The van der Waals surface area contributed by atoms with E-state index in [2.05, 4.69) is 4.72 Å². The van der Waals surface area contributed by atoms with Crippen LogP contribution in [0.2, 0.25) is 0 Å². The number of nitrogens with one attached hydrogen (secondary N) is 1. The van der Waals surface area contributed by atoms with E-state index in [-0.39, 0.29) is 11.8 Å². The Bertz CT molecular complexity index is 480. The first-order valence-electron chi connectivity index (χ1n) is 6.12. The molecule has 1 aromatic rings. The van der Waals surface area contributed by atoms with Crippen LogP contribution in [0.1, 0.15) is 41.1 Å². The van der Waals surface area contributed by atoms with E-state index >= 15 is 0 Å². The molecule has 4 nitrogen and oxygen atoms in total. The third-order valence-corrected chi connectivity index (χ3v) is 5.29. The number of rotatable bonds is 7. The lowest BCUT2D eigenvalue weighted by Crippen LogP contribution is -2.29. The Hall–Kier alpha value is -0.430. The molecule has 0 radical (unpaired) electrons. The van der Waals surface area contributed by atoms with Gasteiger partial charge in [-0.1, -0.05) is 0 Å². The van der Waals surface area contributed by atoms with Crippen molar-refractivity contribution in [2.75, 3.05) is 12.3 Å². The van der Waals surface area contributed by atoms with E-state index in [1.807, 2.05) is 26.8 Å². The molecule has 6 heteroatoms. The summed E-state index contributed by atoms with van der Waals surface area (Å²) in [6.45, 7) is 6.47. The van der Waals surface area contributed by atoms with E-state index < -0.39 is 10.0 Å². The third kappa shape index (κ3) is 4.68. The molecule has 1 atom stereocenters. The van der Waals surface area contributed by atoms with Crippen molar-refractivity contribution in [3.8, 4) is 0 Å². The maximum Gasteiger partial charge on any atom is 0.212 e. The molecule has 0 aliphatic rings. The Labute approximate surface area is 114 Å². The molecule has 0 bridgehead atoms. The summed E-state index contributed by atoms with van der Waals surface area (Å²) in [5.41, 5.74) is 6.43. The topological polar surface area (TPSA) is 72.2 Å². The number of aryl methyl sites for hydroxylation is 2. The second kappa shape index (κ2) is 6.65. The largest absolute Gasteiger partial charge is 0.330 e. The van der Waals surface area contributed by atoms with Crippen molar-refractivity contribution in [1.29, 1.82) is 0 Å². The van der Waals surface area contributed by atoms with Crippen molar-refractivity contribution in [2.45, 2.75) is 39.7 Å². The molecule has 0 saturated heterocycles. The Morgan fingerprint density at radius 3 is 2.56 bits per heavy atom. The monoisotopic (exact) mass is 290 g/mol. The number of unbranched alkanes of at least 4 members (excludes halogenated alkanes) is 1. The number of sulfonamides is 1. The first-order chi connectivity index (χ1) is 8.35. The predicted molar refractivity (Wildman–Crippen MR) is 77.4 cm³/mol. The average molecular weight is 290 g/mol. The fourth-order valence-corrected chi connectivity index (χ4v) is 4.30.